The van der Waals surface area contributed by atoms with Gasteiger partial charge in [-0.2, -0.15) is 10.5 Å². The van der Waals surface area contributed by atoms with Crippen LogP contribution in [0.25, 0.3) is 88.6 Å². The lowest BCUT2D eigenvalue weighted by atomic mass is 9.87. The molecule has 10 aromatic rings. The average molecular weight is 688 g/mol. The molecule has 5 nitrogen and oxygen atoms in total. The zero-order valence-electron chi connectivity index (χ0n) is 29.0. The minimum Gasteiger partial charge on any atom is -0.306 e. The highest BCUT2D eigenvalue weighted by Crippen LogP contribution is 2.49. The number of benzene rings is 7. The molecule has 0 aliphatic rings. The second-order valence-electron chi connectivity index (χ2n) is 13.3. The van der Waals surface area contributed by atoms with Crippen LogP contribution in [0.15, 0.2) is 176 Å². The molecule has 250 valence electrons. The topological polar surface area (TPSA) is 70.3 Å². The third kappa shape index (κ3) is 4.60. The summed E-state index contributed by atoms with van der Waals surface area (Å²) in [7, 11) is 0. The number of para-hydroxylation sites is 4. The van der Waals surface area contributed by atoms with Gasteiger partial charge < -0.3 is 4.57 Å². The third-order valence-electron chi connectivity index (χ3n) is 10.4. The van der Waals surface area contributed by atoms with Gasteiger partial charge in [-0.3, -0.25) is 4.57 Å². The number of rotatable bonds is 5. The van der Waals surface area contributed by atoms with Crippen molar-refractivity contribution >= 4 is 43.6 Å². The zero-order chi connectivity index (χ0) is 36.2. The molecule has 0 aliphatic carbocycles. The first-order valence-electron chi connectivity index (χ1n) is 17.9. The Morgan fingerprint density at radius 3 is 1.37 bits per heavy atom. The second-order valence-corrected chi connectivity index (χ2v) is 13.3. The summed E-state index contributed by atoms with van der Waals surface area (Å²) in [6, 6.07) is 64.7. The van der Waals surface area contributed by atoms with Crippen molar-refractivity contribution in [3.05, 3.63) is 187 Å². The molecule has 54 heavy (non-hydrogen) atoms. The fraction of sp³-hybridized carbons (Fsp3) is 0. The molecule has 0 atom stereocenters. The molecule has 3 aromatic heterocycles. The highest BCUT2D eigenvalue weighted by atomic mass is 15.1. The van der Waals surface area contributed by atoms with Crippen molar-refractivity contribution in [1.82, 2.24) is 14.1 Å². The first kappa shape index (κ1) is 31.0. The van der Waals surface area contributed by atoms with Crippen LogP contribution in [0.3, 0.4) is 0 Å². The minimum absolute atomic E-state index is 0.317. The maximum atomic E-state index is 10.9. The standard InChI is InChI=1S/C49H29N5/c50-30-34-20-15-25-39(40(34)31-51)46-45(32-16-3-1-4-17-32)49(54-43-28-13-9-23-37(43)38-24-10-14-29-44(38)54)52-47(33-18-5-2-6-19-33)48(46)53-41-26-11-7-21-35(41)36-22-8-12-27-42(36)53/h1-29H. The SMILES string of the molecule is N#Cc1cccc(-c2c(-c3ccccc3)c(-n3c4ccccc4c4ccccc43)nc(-c3ccccc3)c2-n2c3ccccc3c3ccccc32)c1C#N. The average Bonchev–Trinajstić information content (AvgIpc) is 3.76. The summed E-state index contributed by atoms with van der Waals surface area (Å²) in [5.41, 5.74) is 10.5. The fourth-order valence-corrected chi connectivity index (χ4v) is 8.17. The molecule has 0 spiro atoms. The van der Waals surface area contributed by atoms with E-state index >= 15 is 0 Å². The number of fused-ring (bicyclic) bond motifs is 6. The molecule has 7 aromatic carbocycles. The van der Waals surface area contributed by atoms with Crippen molar-refractivity contribution in [3.63, 3.8) is 0 Å². The van der Waals surface area contributed by atoms with E-state index in [9.17, 15) is 10.5 Å². The predicted molar refractivity (Wildman–Crippen MR) is 219 cm³/mol. The Bertz CT molecular complexity index is 3070. The normalized spacial score (nSPS) is 11.3. The van der Waals surface area contributed by atoms with E-state index in [1.165, 1.54) is 0 Å². The van der Waals surface area contributed by atoms with Gasteiger partial charge in [0.25, 0.3) is 0 Å². The van der Waals surface area contributed by atoms with Crippen molar-refractivity contribution in [2.75, 3.05) is 0 Å². The molecule has 0 amide bonds. The van der Waals surface area contributed by atoms with E-state index in [4.69, 9.17) is 4.98 Å². The largest absolute Gasteiger partial charge is 0.306 e. The van der Waals surface area contributed by atoms with E-state index < -0.39 is 0 Å². The highest BCUT2D eigenvalue weighted by Gasteiger charge is 2.30. The number of aromatic nitrogens is 3. The van der Waals surface area contributed by atoms with Gasteiger partial charge in [-0.1, -0.05) is 146 Å². The first-order chi connectivity index (χ1) is 26.8. The van der Waals surface area contributed by atoms with Gasteiger partial charge in [0.05, 0.1) is 44.6 Å². The lowest BCUT2D eigenvalue weighted by molar-refractivity contribution is 1.06. The molecule has 0 unspecified atom stereocenters. The van der Waals surface area contributed by atoms with Crippen molar-refractivity contribution in [1.29, 1.82) is 10.5 Å². The van der Waals surface area contributed by atoms with E-state index in [1.807, 2.05) is 48.5 Å². The number of hydrogen-bond donors (Lipinski definition) is 0. The van der Waals surface area contributed by atoms with Crippen LogP contribution >= 0.6 is 0 Å². The van der Waals surface area contributed by atoms with Crippen molar-refractivity contribution in [2.24, 2.45) is 0 Å². The van der Waals surface area contributed by atoms with Crippen molar-refractivity contribution in [3.8, 4) is 57.2 Å². The second kappa shape index (κ2) is 12.5. The van der Waals surface area contributed by atoms with E-state index in [-0.39, 0.29) is 0 Å². The molecule has 0 saturated carbocycles. The van der Waals surface area contributed by atoms with Crippen molar-refractivity contribution in [2.45, 2.75) is 0 Å². The Hall–Kier alpha value is -7.73. The predicted octanol–water partition coefficient (Wildman–Crippen LogP) is 12.0. The summed E-state index contributed by atoms with van der Waals surface area (Å²) in [6.07, 6.45) is 0. The van der Waals surface area contributed by atoms with E-state index in [0.29, 0.717) is 16.7 Å². The molecule has 10 rings (SSSR count). The Morgan fingerprint density at radius 1 is 0.407 bits per heavy atom. The molecule has 0 N–H and O–H groups in total. The quantitative estimate of drug-likeness (QED) is 0.181. The van der Waals surface area contributed by atoms with Crippen LogP contribution in [0, 0.1) is 22.7 Å². The van der Waals surface area contributed by atoms with E-state index in [1.54, 1.807) is 6.07 Å². The van der Waals surface area contributed by atoms with Gasteiger partial charge in [-0.05, 0) is 35.9 Å². The third-order valence-corrected chi connectivity index (χ3v) is 10.4. The Kier molecular flexibility index (Phi) is 7.18. The highest BCUT2D eigenvalue weighted by molar-refractivity contribution is 6.13. The van der Waals surface area contributed by atoms with Crippen molar-refractivity contribution < 1.29 is 0 Å². The molecule has 0 radical (unpaired) electrons. The van der Waals surface area contributed by atoms with E-state index in [0.717, 1.165) is 83.1 Å². The lowest BCUT2D eigenvalue weighted by Crippen LogP contribution is -2.10. The van der Waals surface area contributed by atoms with Crippen LogP contribution in [-0.4, -0.2) is 14.1 Å². The molecular weight excluding hydrogens is 659 g/mol. The van der Waals surface area contributed by atoms with Crippen LogP contribution in [-0.2, 0) is 0 Å². The van der Waals surface area contributed by atoms with Crippen LogP contribution in [0.5, 0.6) is 0 Å². The van der Waals surface area contributed by atoms with Gasteiger partial charge in [-0.25, -0.2) is 4.98 Å². The van der Waals surface area contributed by atoms with Gasteiger partial charge in [0.15, 0.2) is 0 Å². The number of nitriles is 2. The lowest BCUT2D eigenvalue weighted by Gasteiger charge is -2.25. The van der Waals surface area contributed by atoms with Crippen LogP contribution < -0.4 is 0 Å². The monoisotopic (exact) mass is 687 g/mol. The van der Waals surface area contributed by atoms with Gasteiger partial charge in [0.1, 0.15) is 18.0 Å². The van der Waals surface area contributed by atoms with Crippen LogP contribution in [0.2, 0.25) is 0 Å². The van der Waals surface area contributed by atoms with E-state index in [2.05, 4.69) is 143 Å². The molecule has 0 aliphatic heterocycles. The number of hydrogen-bond acceptors (Lipinski definition) is 3. The van der Waals surface area contributed by atoms with Gasteiger partial charge in [0, 0.05) is 43.8 Å². The molecule has 0 saturated heterocycles. The minimum atomic E-state index is 0.317. The summed E-state index contributed by atoms with van der Waals surface area (Å²) in [4.78, 5) is 5.81. The Balaban J connectivity index is 1.53. The van der Waals surface area contributed by atoms with Gasteiger partial charge in [0.2, 0.25) is 0 Å². The Labute approximate surface area is 311 Å². The maximum absolute atomic E-state index is 10.9. The van der Waals surface area contributed by atoms with Gasteiger partial charge in [-0.15, -0.1) is 0 Å². The fourth-order valence-electron chi connectivity index (χ4n) is 8.17. The number of pyridine rings is 1. The molecule has 0 fully saturated rings. The number of nitrogens with zero attached hydrogens (tertiary/aromatic N) is 5. The molecular formula is C49H29N5. The summed E-state index contributed by atoms with van der Waals surface area (Å²) >= 11 is 0. The summed E-state index contributed by atoms with van der Waals surface area (Å²) in [6.45, 7) is 0. The van der Waals surface area contributed by atoms with Crippen LogP contribution in [0.1, 0.15) is 11.1 Å². The maximum Gasteiger partial charge on any atom is 0.147 e. The van der Waals surface area contributed by atoms with Crippen LogP contribution in [0.4, 0.5) is 0 Å². The molecule has 0 bridgehead atoms. The molecule has 3 heterocycles. The summed E-state index contributed by atoms with van der Waals surface area (Å²) in [5.74, 6) is 0.725. The smallest absolute Gasteiger partial charge is 0.147 e. The first-order valence-corrected chi connectivity index (χ1v) is 17.9. The molecule has 5 heteroatoms. The summed E-state index contributed by atoms with van der Waals surface area (Å²) < 4.78 is 4.57. The zero-order valence-corrected chi connectivity index (χ0v) is 29.0. The van der Waals surface area contributed by atoms with Gasteiger partial charge >= 0.3 is 0 Å². The summed E-state index contributed by atoms with van der Waals surface area (Å²) in [5, 5.41) is 25.8. The Morgan fingerprint density at radius 2 is 0.870 bits per heavy atom.